The fourth-order valence-corrected chi connectivity index (χ4v) is 3.62. The van der Waals surface area contributed by atoms with E-state index in [1.807, 2.05) is 0 Å². The van der Waals surface area contributed by atoms with Gasteiger partial charge in [0.1, 0.15) is 24.1 Å². The summed E-state index contributed by atoms with van der Waals surface area (Å²) in [6, 6.07) is 0. The van der Waals surface area contributed by atoms with E-state index in [-0.39, 0.29) is 5.82 Å². The maximum absolute atomic E-state index is 10.3. The number of hydrogen-bond acceptors (Lipinski definition) is 6. The maximum atomic E-state index is 10.3. The highest BCUT2D eigenvalue weighted by atomic mass is 32.1. The molecule has 0 saturated carbocycles. The van der Waals surface area contributed by atoms with Crippen LogP contribution in [0.25, 0.3) is 0 Å². The fraction of sp³-hybridized carbons (Fsp3) is 0.643. The third-order valence-corrected chi connectivity index (χ3v) is 5.68. The molecule has 1 aliphatic rings. The molecule has 0 bridgehead atoms. The Hall–Kier alpha value is -0.720. The second-order valence-electron chi connectivity index (χ2n) is 6.50. The van der Waals surface area contributed by atoms with Crippen molar-refractivity contribution in [3.63, 3.8) is 0 Å². The minimum Gasteiger partial charge on any atom is -0.388 e. The molecule has 1 aromatic rings. The minimum absolute atomic E-state index is 0.227. The normalized spacial score (nSPS) is 29.0. The van der Waals surface area contributed by atoms with E-state index in [1.54, 1.807) is 17.8 Å². The SMILES string of the molecule is C=P(C)(C)CC[C@H]1OC(c2cn(C)c(=S)nc2N)[C@H](O)[C@@H]1O. The van der Waals surface area contributed by atoms with Crippen LogP contribution in [0.15, 0.2) is 6.20 Å². The van der Waals surface area contributed by atoms with Crippen molar-refractivity contribution in [1.82, 2.24) is 9.55 Å². The molecular weight excluding hydrogens is 321 g/mol. The van der Waals surface area contributed by atoms with E-state index in [1.165, 1.54) is 0 Å². The van der Waals surface area contributed by atoms with E-state index in [0.29, 0.717) is 16.8 Å². The van der Waals surface area contributed by atoms with E-state index in [2.05, 4.69) is 24.6 Å². The van der Waals surface area contributed by atoms with Crippen LogP contribution in [0.1, 0.15) is 18.1 Å². The zero-order valence-electron chi connectivity index (χ0n) is 13.1. The topological polar surface area (TPSA) is 93.5 Å². The highest BCUT2D eigenvalue weighted by Gasteiger charge is 2.44. The first-order valence-electron chi connectivity index (χ1n) is 7.12. The molecule has 4 atom stereocenters. The van der Waals surface area contributed by atoms with Gasteiger partial charge in [0.25, 0.3) is 0 Å². The Labute approximate surface area is 135 Å². The highest BCUT2D eigenvalue weighted by molar-refractivity contribution is 7.72. The molecule has 4 N–H and O–H groups in total. The third-order valence-electron chi connectivity index (χ3n) is 3.83. The predicted octanol–water partition coefficient (Wildman–Crippen LogP) is 0.993. The molecule has 1 fully saturated rings. The Morgan fingerprint density at radius 3 is 2.68 bits per heavy atom. The summed E-state index contributed by atoms with van der Waals surface area (Å²) in [4.78, 5) is 4.07. The summed E-state index contributed by atoms with van der Waals surface area (Å²) < 4.78 is 7.86. The Kier molecular flexibility index (Phi) is 5.14. The quantitative estimate of drug-likeness (QED) is 0.557. The average molecular weight is 345 g/mol. The molecule has 0 amide bonds. The Balaban J connectivity index is 2.21. The lowest BCUT2D eigenvalue weighted by molar-refractivity contribution is 0.00595. The molecule has 0 radical (unpaired) electrons. The number of hydrogen-bond donors (Lipinski definition) is 3. The van der Waals surface area contributed by atoms with Crippen LogP contribution in [0.3, 0.4) is 0 Å². The Morgan fingerprint density at radius 2 is 2.09 bits per heavy atom. The number of anilines is 1. The van der Waals surface area contributed by atoms with Crippen LogP contribution in [0.2, 0.25) is 0 Å². The van der Waals surface area contributed by atoms with Gasteiger partial charge in [-0.15, -0.1) is 13.2 Å². The lowest BCUT2D eigenvalue weighted by Gasteiger charge is -2.19. The van der Waals surface area contributed by atoms with E-state index in [4.69, 9.17) is 22.7 Å². The van der Waals surface area contributed by atoms with Gasteiger partial charge in [0.15, 0.2) is 0 Å². The van der Waals surface area contributed by atoms with Crippen molar-refractivity contribution in [3.8, 4) is 0 Å². The molecule has 1 saturated heterocycles. The molecule has 2 rings (SSSR count). The molecule has 22 heavy (non-hydrogen) atoms. The predicted molar refractivity (Wildman–Crippen MR) is 93.5 cm³/mol. The number of aryl methyl sites for hydroxylation is 1. The van der Waals surface area contributed by atoms with Gasteiger partial charge in [-0.3, -0.25) is 0 Å². The molecular formula is C14H24N3O3PS. The second-order valence-corrected chi connectivity index (χ2v) is 11.2. The number of aliphatic hydroxyl groups excluding tert-OH is 2. The molecule has 8 heteroatoms. The summed E-state index contributed by atoms with van der Waals surface area (Å²) in [6.07, 6.45) is 4.32. The van der Waals surface area contributed by atoms with E-state index >= 15 is 0 Å². The number of rotatable bonds is 4. The molecule has 0 spiro atoms. The first-order valence-corrected chi connectivity index (χ1v) is 10.6. The maximum Gasteiger partial charge on any atom is 0.201 e. The zero-order valence-corrected chi connectivity index (χ0v) is 14.8. The number of aromatic nitrogens is 2. The summed E-state index contributed by atoms with van der Waals surface area (Å²) in [5, 5.41) is 20.5. The van der Waals surface area contributed by atoms with Gasteiger partial charge in [-0.05, 0) is 38.1 Å². The van der Waals surface area contributed by atoms with Crippen molar-refractivity contribution in [1.29, 1.82) is 0 Å². The largest absolute Gasteiger partial charge is 0.388 e. The van der Waals surface area contributed by atoms with E-state index < -0.39 is 31.3 Å². The number of aliphatic hydroxyl groups is 2. The summed E-state index contributed by atoms with van der Waals surface area (Å²) in [5.41, 5.74) is 6.45. The lowest BCUT2D eigenvalue weighted by Crippen LogP contribution is -2.31. The van der Waals surface area contributed by atoms with Crippen molar-refractivity contribution in [2.24, 2.45) is 7.05 Å². The Bertz CT molecular complexity index is 657. The smallest absolute Gasteiger partial charge is 0.201 e. The first kappa shape index (κ1) is 17.6. The highest BCUT2D eigenvalue weighted by Crippen LogP contribution is 2.41. The minimum atomic E-state index is -1.21. The van der Waals surface area contributed by atoms with Gasteiger partial charge in [0, 0.05) is 18.8 Å². The summed E-state index contributed by atoms with van der Waals surface area (Å²) in [5.74, 6) is 0.227. The molecule has 1 aromatic heterocycles. The molecule has 1 unspecified atom stereocenters. The van der Waals surface area contributed by atoms with Gasteiger partial charge in [0.2, 0.25) is 4.77 Å². The molecule has 2 heterocycles. The van der Waals surface area contributed by atoms with Crippen molar-refractivity contribution >= 4 is 31.2 Å². The van der Waals surface area contributed by atoms with Crippen LogP contribution < -0.4 is 5.73 Å². The van der Waals surface area contributed by atoms with E-state index in [9.17, 15) is 10.2 Å². The number of nitrogen functional groups attached to an aromatic ring is 1. The van der Waals surface area contributed by atoms with Gasteiger partial charge in [-0.2, -0.15) is 0 Å². The molecule has 1 aliphatic heterocycles. The van der Waals surface area contributed by atoms with Crippen molar-refractivity contribution < 1.29 is 14.9 Å². The molecule has 0 aliphatic carbocycles. The molecule has 6 nitrogen and oxygen atoms in total. The van der Waals surface area contributed by atoms with Crippen LogP contribution in [-0.2, 0) is 11.8 Å². The number of nitrogens with zero attached hydrogens (tertiary/aromatic N) is 2. The number of nitrogens with two attached hydrogens (primary N) is 1. The van der Waals surface area contributed by atoms with Crippen LogP contribution in [0, 0.1) is 4.77 Å². The third kappa shape index (κ3) is 3.78. The average Bonchev–Trinajstić information content (AvgIpc) is 2.68. The monoisotopic (exact) mass is 345 g/mol. The van der Waals surface area contributed by atoms with Crippen molar-refractivity contribution in [3.05, 3.63) is 16.5 Å². The van der Waals surface area contributed by atoms with Gasteiger partial charge in [0.05, 0.1) is 6.10 Å². The van der Waals surface area contributed by atoms with Crippen molar-refractivity contribution in [2.75, 3.05) is 25.2 Å². The van der Waals surface area contributed by atoms with E-state index in [0.717, 1.165) is 6.16 Å². The second kappa shape index (κ2) is 6.42. The summed E-state index contributed by atoms with van der Waals surface area (Å²) in [7, 11) is 1.75. The number of ether oxygens (including phenoxy) is 1. The Morgan fingerprint density at radius 1 is 1.45 bits per heavy atom. The summed E-state index contributed by atoms with van der Waals surface area (Å²) in [6.45, 7) is 3.06. The van der Waals surface area contributed by atoms with Gasteiger partial charge in [-0.25, -0.2) is 4.98 Å². The summed E-state index contributed by atoms with van der Waals surface area (Å²) >= 11 is 5.05. The lowest BCUT2D eigenvalue weighted by atomic mass is 10.0. The van der Waals surface area contributed by atoms with Gasteiger partial charge >= 0.3 is 0 Å². The van der Waals surface area contributed by atoms with Gasteiger partial charge < -0.3 is 25.3 Å². The van der Waals surface area contributed by atoms with Crippen LogP contribution in [-0.4, -0.2) is 63.9 Å². The van der Waals surface area contributed by atoms with Crippen LogP contribution >= 0.6 is 19.1 Å². The van der Waals surface area contributed by atoms with Gasteiger partial charge in [-0.1, -0.05) is 0 Å². The standard InChI is InChI=1S/C14H24N3O3PS/c1-17-7-8(13(15)16-14(17)22)12-11(19)10(18)9(20-12)5-6-21(2,3)4/h7,9-12,18-19H,2,5-6H2,1,3-4H3,(H2,15,16,22)/t9-,10-,11-,12?/m1/s1. The first-order chi connectivity index (χ1) is 10.1. The van der Waals surface area contributed by atoms with Crippen LogP contribution in [0.4, 0.5) is 5.82 Å². The van der Waals surface area contributed by atoms with Crippen LogP contribution in [0.5, 0.6) is 0 Å². The molecule has 0 aromatic carbocycles. The fourth-order valence-electron chi connectivity index (χ4n) is 2.52. The molecule has 124 valence electrons. The van der Waals surface area contributed by atoms with Crippen molar-refractivity contribution in [2.45, 2.75) is 30.8 Å². The zero-order chi connectivity index (χ0) is 16.7.